The van der Waals surface area contributed by atoms with Crippen molar-refractivity contribution in [3.8, 4) is 0 Å². The van der Waals surface area contributed by atoms with E-state index in [1.807, 2.05) is 19.1 Å². The number of aromatic amines is 1. The molecule has 1 amide bonds. The van der Waals surface area contributed by atoms with E-state index in [0.29, 0.717) is 5.69 Å². The monoisotopic (exact) mass is 319 g/mol. The van der Waals surface area contributed by atoms with E-state index in [1.54, 1.807) is 12.1 Å². The Balaban J connectivity index is 1.92. The summed E-state index contributed by atoms with van der Waals surface area (Å²) in [6, 6.07) is 9.75. The number of H-pyrrole nitrogens is 1. The number of anilines is 1. The van der Waals surface area contributed by atoms with Gasteiger partial charge < -0.3 is 14.7 Å². The van der Waals surface area contributed by atoms with Crippen LogP contribution in [0, 0.1) is 6.92 Å². The second kappa shape index (κ2) is 5.00. The first-order chi connectivity index (χ1) is 10.3. The minimum Gasteiger partial charge on any atom is -0.438 e. The molecule has 114 valence electrons. The number of furan rings is 1. The molecule has 0 aliphatic carbocycles. The number of sulfonamides is 1. The number of nitrogens with one attached hydrogen (secondary N) is 2. The summed E-state index contributed by atoms with van der Waals surface area (Å²) in [6.45, 7) is 1.91. The third-order valence-electron chi connectivity index (χ3n) is 3.13. The number of aryl methyl sites for hydroxylation is 1. The highest BCUT2D eigenvalue weighted by Gasteiger charge is 2.18. The van der Waals surface area contributed by atoms with E-state index < -0.39 is 21.0 Å². The summed E-state index contributed by atoms with van der Waals surface area (Å²) >= 11 is 0. The summed E-state index contributed by atoms with van der Waals surface area (Å²) in [5.74, 6) is -0.686. The molecular formula is C14H13N3O4S. The fraction of sp³-hybridized carbons (Fsp3) is 0.0714. The van der Waals surface area contributed by atoms with Crippen molar-refractivity contribution in [1.82, 2.24) is 4.98 Å². The lowest BCUT2D eigenvalue weighted by atomic mass is 10.2. The Kier molecular flexibility index (Phi) is 3.27. The van der Waals surface area contributed by atoms with E-state index in [9.17, 15) is 13.2 Å². The number of hydrogen-bond acceptors (Lipinski definition) is 4. The summed E-state index contributed by atoms with van der Waals surface area (Å²) in [6.07, 6.45) is 0. The summed E-state index contributed by atoms with van der Waals surface area (Å²) < 4.78 is 27.3. The third kappa shape index (κ3) is 2.61. The molecule has 2 heterocycles. The van der Waals surface area contributed by atoms with Crippen LogP contribution in [0.2, 0.25) is 0 Å². The normalized spacial score (nSPS) is 11.7. The third-order valence-corrected chi connectivity index (χ3v) is 3.91. The average Bonchev–Trinajstić information content (AvgIpc) is 3.03. The van der Waals surface area contributed by atoms with Gasteiger partial charge in [-0.25, -0.2) is 13.6 Å². The highest BCUT2D eigenvalue weighted by atomic mass is 32.2. The van der Waals surface area contributed by atoms with Crippen molar-refractivity contribution in [2.24, 2.45) is 5.14 Å². The van der Waals surface area contributed by atoms with Crippen LogP contribution in [-0.4, -0.2) is 19.3 Å². The molecule has 4 N–H and O–H groups in total. The van der Waals surface area contributed by atoms with Crippen LogP contribution in [0.5, 0.6) is 0 Å². The summed E-state index contributed by atoms with van der Waals surface area (Å²) in [5, 5.41) is 8.04. The number of primary sulfonamides is 1. The molecule has 0 spiro atoms. The zero-order valence-electron chi connectivity index (χ0n) is 11.6. The van der Waals surface area contributed by atoms with Crippen molar-refractivity contribution >= 4 is 32.5 Å². The molecule has 0 atom stereocenters. The van der Waals surface area contributed by atoms with Crippen molar-refractivity contribution in [2.45, 2.75) is 12.0 Å². The number of benzene rings is 1. The number of carbonyl (C=O) groups excluding carboxylic acids is 1. The number of fused-ring (bicyclic) bond motifs is 1. The van der Waals surface area contributed by atoms with Crippen LogP contribution in [0.25, 0.3) is 10.9 Å². The maximum atomic E-state index is 12.2. The number of amides is 1. The lowest BCUT2D eigenvalue weighted by Gasteiger charge is -2.04. The van der Waals surface area contributed by atoms with Gasteiger partial charge >= 0.3 is 0 Å². The van der Waals surface area contributed by atoms with E-state index in [-0.39, 0.29) is 5.76 Å². The van der Waals surface area contributed by atoms with Crippen LogP contribution in [-0.2, 0) is 10.0 Å². The van der Waals surface area contributed by atoms with Crippen LogP contribution in [0.4, 0.5) is 5.69 Å². The predicted molar refractivity (Wildman–Crippen MR) is 81.1 cm³/mol. The first-order valence-electron chi connectivity index (χ1n) is 6.37. The Morgan fingerprint density at radius 2 is 2.05 bits per heavy atom. The average molecular weight is 319 g/mol. The van der Waals surface area contributed by atoms with Crippen molar-refractivity contribution < 1.29 is 17.6 Å². The molecule has 0 aliphatic heterocycles. The van der Waals surface area contributed by atoms with Gasteiger partial charge in [0.2, 0.25) is 5.09 Å². The van der Waals surface area contributed by atoms with Gasteiger partial charge in [-0.05, 0) is 37.3 Å². The van der Waals surface area contributed by atoms with Crippen LogP contribution in [0.15, 0.2) is 45.9 Å². The molecule has 0 radical (unpaired) electrons. The van der Waals surface area contributed by atoms with Crippen molar-refractivity contribution in [2.75, 3.05) is 5.32 Å². The standard InChI is InChI=1S/C14H13N3O4S/c1-8-7-9-10(16-8)3-2-4-11(9)17-14(18)12-5-6-13(21-12)22(15,19)20/h2-7,16H,1H3,(H,17,18)(H2,15,19,20). The molecule has 3 aromatic rings. The number of aromatic nitrogens is 1. The van der Waals surface area contributed by atoms with Crippen LogP contribution in [0.1, 0.15) is 16.2 Å². The van der Waals surface area contributed by atoms with Crippen LogP contribution in [0.3, 0.4) is 0 Å². The van der Waals surface area contributed by atoms with E-state index in [2.05, 4.69) is 10.3 Å². The number of nitrogens with two attached hydrogens (primary N) is 1. The van der Waals surface area contributed by atoms with Crippen molar-refractivity contribution in [3.05, 3.63) is 47.9 Å². The lowest BCUT2D eigenvalue weighted by Crippen LogP contribution is -2.12. The van der Waals surface area contributed by atoms with Crippen molar-refractivity contribution in [1.29, 1.82) is 0 Å². The maximum absolute atomic E-state index is 12.2. The lowest BCUT2D eigenvalue weighted by molar-refractivity contribution is 0.0992. The van der Waals surface area contributed by atoms with Crippen LogP contribution >= 0.6 is 0 Å². The first-order valence-corrected chi connectivity index (χ1v) is 7.91. The Morgan fingerprint density at radius 1 is 1.27 bits per heavy atom. The van der Waals surface area contributed by atoms with Gasteiger partial charge in [-0.15, -0.1) is 0 Å². The second-order valence-corrected chi connectivity index (χ2v) is 6.33. The van der Waals surface area contributed by atoms with E-state index in [0.717, 1.165) is 22.7 Å². The van der Waals surface area contributed by atoms with Gasteiger partial charge in [0, 0.05) is 16.6 Å². The van der Waals surface area contributed by atoms with Gasteiger partial charge in [-0.2, -0.15) is 0 Å². The Bertz CT molecular complexity index is 969. The van der Waals surface area contributed by atoms with E-state index >= 15 is 0 Å². The van der Waals surface area contributed by atoms with E-state index in [4.69, 9.17) is 9.56 Å². The summed E-state index contributed by atoms with van der Waals surface area (Å²) in [7, 11) is -3.97. The molecule has 0 unspecified atom stereocenters. The molecule has 0 aliphatic rings. The SMILES string of the molecule is Cc1cc2c(NC(=O)c3ccc(S(N)(=O)=O)o3)cccc2[nH]1. The molecule has 0 saturated heterocycles. The number of hydrogen-bond donors (Lipinski definition) is 3. The topological polar surface area (TPSA) is 118 Å². The fourth-order valence-electron chi connectivity index (χ4n) is 2.18. The minimum absolute atomic E-state index is 0.131. The molecule has 8 heteroatoms. The van der Waals surface area contributed by atoms with Crippen LogP contribution < -0.4 is 10.5 Å². The Morgan fingerprint density at radius 3 is 2.73 bits per heavy atom. The molecule has 0 bridgehead atoms. The van der Waals surface area contributed by atoms with Gasteiger partial charge in [0.1, 0.15) is 0 Å². The van der Waals surface area contributed by atoms with E-state index in [1.165, 1.54) is 6.07 Å². The van der Waals surface area contributed by atoms with Gasteiger partial charge in [-0.1, -0.05) is 6.07 Å². The second-order valence-electron chi connectivity index (χ2n) is 4.84. The molecule has 0 saturated carbocycles. The zero-order valence-corrected chi connectivity index (χ0v) is 12.4. The molecule has 22 heavy (non-hydrogen) atoms. The summed E-state index contributed by atoms with van der Waals surface area (Å²) in [4.78, 5) is 15.3. The molecular weight excluding hydrogens is 306 g/mol. The molecule has 0 fully saturated rings. The molecule has 2 aromatic heterocycles. The predicted octanol–water partition coefficient (Wildman–Crippen LogP) is 1.97. The Hall–Kier alpha value is -2.58. The first kappa shape index (κ1) is 14.4. The molecule has 3 rings (SSSR count). The smallest absolute Gasteiger partial charge is 0.291 e. The zero-order chi connectivity index (χ0) is 15.9. The highest BCUT2D eigenvalue weighted by molar-refractivity contribution is 7.89. The maximum Gasteiger partial charge on any atom is 0.291 e. The largest absolute Gasteiger partial charge is 0.438 e. The quantitative estimate of drug-likeness (QED) is 0.684. The molecule has 7 nitrogen and oxygen atoms in total. The van der Waals surface area contributed by atoms with Gasteiger partial charge in [0.05, 0.1) is 5.69 Å². The van der Waals surface area contributed by atoms with Crippen molar-refractivity contribution in [3.63, 3.8) is 0 Å². The van der Waals surface area contributed by atoms with Gasteiger partial charge in [0.25, 0.3) is 15.9 Å². The highest BCUT2D eigenvalue weighted by Crippen LogP contribution is 2.25. The molecule has 1 aromatic carbocycles. The summed E-state index contributed by atoms with van der Waals surface area (Å²) in [5.41, 5.74) is 2.45. The minimum atomic E-state index is -3.97. The van der Waals surface area contributed by atoms with Gasteiger partial charge in [0.15, 0.2) is 5.76 Å². The fourth-order valence-corrected chi connectivity index (χ4v) is 2.65. The Labute approximate surface area is 126 Å². The number of rotatable bonds is 3. The van der Waals surface area contributed by atoms with Gasteiger partial charge in [-0.3, -0.25) is 4.79 Å². The number of carbonyl (C=O) groups is 1.